The Bertz CT molecular complexity index is 529. The molecule has 0 radical (unpaired) electrons. The number of benzene rings is 1. The van der Waals surface area contributed by atoms with Crippen LogP contribution in [-0.4, -0.2) is 35.1 Å². The molecule has 0 fully saturated rings. The third kappa shape index (κ3) is 2.85. The molecule has 0 bridgehead atoms. The van der Waals surface area contributed by atoms with Crippen LogP contribution in [0.3, 0.4) is 0 Å². The van der Waals surface area contributed by atoms with Gasteiger partial charge in [-0.3, -0.25) is 0 Å². The van der Waals surface area contributed by atoms with E-state index in [2.05, 4.69) is 33.8 Å². The Hall–Kier alpha value is -1.49. The minimum Gasteiger partial charge on any atom is -0.368 e. The van der Waals surface area contributed by atoms with Crippen LogP contribution in [0.5, 0.6) is 0 Å². The van der Waals surface area contributed by atoms with Gasteiger partial charge in [-0.25, -0.2) is 4.98 Å². The van der Waals surface area contributed by atoms with Crippen molar-refractivity contribution in [2.24, 2.45) is 0 Å². The maximum Gasteiger partial charge on any atom is 0.224 e. The van der Waals surface area contributed by atoms with E-state index < -0.39 is 0 Å². The lowest BCUT2D eigenvalue weighted by Crippen LogP contribution is -2.14. The molecule has 5 heteroatoms. The molecule has 0 saturated carbocycles. The molecule has 1 aromatic heterocycles. The van der Waals surface area contributed by atoms with Crippen molar-refractivity contribution in [2.75, 3.05) is 30.5 Å². The van der Waals surface area contributed by atoms with Crippen LogP contribution in [0.1, 0.15) is 6.92 Å². The first-order chi connectivity index (χ1) is 8.74. The van der Waals surface area contributed by atoms with Crippen LogP contribution in [-0.2, 0) is 0 Å². The smallest absolute Gasteiger partial charge is 0.224 e. The van der Waals surface area contributed by atoms with E-state index in [9.17, 15) is 0 Å². The molecule has 0 aliphatic heterocycles. The summed E-state index contributed by atoms with van der Waals surface area (Å²) in [6.45, 7) is 3.09. The molecule has 0 spiro atoms. The van der Waals surface area contributed by atoms with Gasteiger partial charge in [-0.05, 0) is 18.4 Å². The number of aromatic nitrogens is 2. The molecule has 0 amide bonds. The van der Waals surface area contributed by atoms with Crippen molar-refractivity contribution in [3.8, 4) is 0 Å². The number of fused-ring (bicyclic) bond motifs is 1. The summed E-state index contributed by atoms with van der Waals surface area (Å²) in [6, 6.07) is 8.04. The number of hydrogen-bond donors (Lipinski definition) is 2. The van der Waals surface area contributed by atoms with Gasteiger partial charge in [-0.2, -0.15) is 16.7 Å². The molecule has 2 aromatic rings. The van der Waals surface area contributed by atoms with E-state index in [4.69, 9.17) is 0 Å². The summed E-state index contributed by atoms with van der Waals surface area (Å²) in [5.41, 5.74) is 0.955. The van der Waals surface area contributed by atoms with Gasteiger partial charge >= 0.3 is 0 Å². The van der Waals surface area contributed by atoms with Crippen LogP contribution in [0.2, 0.25) is 0 Å². The number of para-hydroxylation sites is 1. The number of rotatable bonds is 5. The standard InChI is InChI=1S/C13H18N4S/c1-9(18-3)8-15-12-10-6-4-5-7-11(10)16-13(14-2)17-12/h4-7,9H,8H2,1-3H3,(H2,14,15,16,17). The van der Waals surface area contributed by atoms with Crippen LogP contribution in [0.4, 0.5) is 11.8 Å². The maximum atomic E-state index is 4.48. The highest BCUT2D eigenvalue weighted by atomic mass is 32.2. The molecule has 1 atom stereocenters. The largest absolute Gasteiger partial charge is 0.368 e. The fourth-order valence-electron chi connectivity index (χ4n) is 1.65. The third-order valence-corrected chi connectivity index (χ3v) is 3.76. The van der Waals surface area contributed by atoms with Gasteiger partial charge in [0.2, 0.25) is 5.95 Å². The van der Waals surface area contributed by atoms with Crippen molar-refractivity contribution in [1.82, 2.24) is 9.97 Å². The number of nitrogens with one attached hydrogen (secondary N) is 2. The molecule has 1 heterocycles. The van der Waals surface area contributed by atoms with Gasteiger partial charge in [-0.15, -0.1) is 0 Å². The Morgan fingerprint density at radius 2 is 2.06 bits per heavy atom. The fourth-order valence-corrected chi connectivity index (χ4v) is 1.90. The number of anilines is 2. The first-order valence-electron chi connectivity index (χ1n) is 5.95. The zero-order valence-corrected chi connectivity index (χ0v) is 11.7. The Balaban J connectivity index is 2.34. The van der Waals surface area contributed by atoms with Crippen molar-refractivity contribution >= 4 is 34.4 Å². The maximum absolute atomic E-state index is 4.48. The minimum absolute atomic E-state index is 0.553. The summed E-state index contributed by atoms with van der Waals surface area (Å²) in [7, 11) is 1.83. The summed E-state index contributed by atoms with van der Waals surface area (Å²) in [6.07, 6.45) is 2.11. The Kier molecular flexibility index (Phi) is 4.25. The summed E-state index contributed by atoms with van der Waals surface area (Å²) in [5.74, 6) is 1.54. The van der Waals surface area contributed by atoms with Crippen LogP contribution in [0.25, 0.3) is 10.9 Å². The van der Waals surface area contributed by atoms with Crippen LogP contribution < -0.4 is 10.6 Å². The van der Waals surface area contributed by atoms with E-state index in [1.54, 1.807) is 0 Å². The number of thioether (sulfide) groups is 1. The molecule has 0 aliphatic carbocycles. The van der Waals surface area contributed by atoms with Gasteiger partial charge in [0.15, 0.2) is 0 Å². The van der Waals surface area contributed by atoms with E-state index in [0.717, 1.165) is 23.3 Å². The topological polar surface area (TPSA) is 49.8 Å². The molecule has 18 heavy (non-hydrogen) atoms. The third-order valence-electron chi connectivity index (χ3n) is 2.79. The lowest BCUT2D eigenvalue weighted by atomic mass is 10.2. The lowest BCUT2D eigenvalue weighted by molar-refractivity contribution is 0.992. The second-order valence-corrected chi connectivity index (χ2v) is 5.37. The second kappa shape index (κ2) is 5.91. The Morgan fingerprint density at radius 1 is 1.28 bits per heavy atom. The van der Waals surface area contributed by atoms with E-state index in [1.165, 1.54) is 0 Å². The molecule has 96 valence electrons. The van der Waals surface area contributed by atoms with Gasteiger partial charge in [0, 0.05) is 24.2 Å². The highest BCUT2D eigenvalue weighted by Gasteiger charge is 2.07. The van der Waals surface area contributed by atoms with E-state index in [-0.39, 0.29) is 0 Å². The van der Waals surface area contributed by atoms with Gasteiger partial charge in [-0.1, -0.05) is 19.1 Å². The average Bonchev–Trinajstić information content (AvgIpc) is 2.43. The fraction of sp³-hybridized carbons (Fsp3) is 0.385. The first-order valence-corrected chi connectivity index (χ1v) is 7.24. The first kappa shape index (κ1) is 13.0. The van der Waals surface area contributed by atoms with Crippen LogP contribution in [0, 0.1) is 0 Å². The van der Waals surface area contributed by atoms with Gasteiger partial charge < -0.3 is 10.6 Å². The Labute approximate surface area is 112 Å². The molecule has 1 aromatic carbocycles. The highest BCUT2D eigenvalue weighted by Crippen LogP contribution is 2.22. The van der Waals surface area contributed by atoms with E-state index in [1.807, 2.05) is 43.1 Å². The van der Waals surface area contributed by atoms with Crippen molar-refractivity contribution in [1.29, 1.82) is 0 Å². The SMILES string of the molecule is CNc1nc(NCC(C)SC)c2ccccc2n1. The average molecular weight is 262 g/mol. The highest BCUT2D eigenvalue weighted by molar-refractivity contribution is 7.99. The van der Waals surface area contributed by atoms with Crippen LogP contribution in [0.15, 0.2) is 24.3 Å². The van der Waals surface area contributed by atoms with Crippen LogP contribution >= 0.6 is 11.8 Å². The quantitative estimate of drug-likeness (QED) is 0.867. The summed E-state index contributed by atoms with van der Waals surface area (Å²) >= 11 is 1.84. The van der Waals surface area contributed by atoms with Gasteiger partial charge in [0.25, 0.3) is 0 Å². The van der Waals surface area contributed by atoms with Crippen molar-refractivity contribution in [2.45, 2.75) is 12.2 Å². The molecule has 2 rings (SSSR count). The normalized spacial score (nSPS) is 12.4. The number of hydrogen-bond acceptors (Lipinski definition) is 5. The summed E-state index contributed by atoms with van der Waals surface area (Å²) in [5, 5.41) is 8.01. The number of nitrogens with zero attached hydrogens (tertiary/aromatic N) is 2. The molecule has 2 N–H and O–H groups in total. The predicted octanol–water partition coefficient (Wildman–Crippen LogP) is 2.83. The van der Waals surface area contributed by atoms with Gasteiger partial charge in [0.1, 0.15) is 5.82 Å². The zero-order chi connectivity index (χ0) is 13.0. The predicted molar refractivity (Wildman–Crippen MR) is 80.6 cm³/mol. The molecule has 0 saturated heterocycles. The lowest BCUT2D eigenvalue weighted by Gasteiger charge is -2.13. The monoisotopic (exact) mass is 262 g/mol. The Morgan fingerprint density at radius 3 is 2.78 bits per heavy atom. The second-order valence-electron chi connectivity index (χ2n) is 4.09. The van der Waals surface area contributed by atoms with E-state index in [0.29, 0.717) is 11.2 Å². The molecular formula is C13H18N4S. The summed E-state index contributed by atoms with van der Waals surface area (Å²) < 4.78 is 0. The molecule has 0 aliphatic rings. The van der Waals surface area contributed by atoms with Crippen molar-refractivity contribution in [3.05, 3.63) is 24.3 Å². The molecule has 1 unspecified atom stereocenters. The van der Waals surface area contributed by atoms with Crippen molar-refractivity contribution in [3.63, 3.8) is 0 Å². The molecular weight excluding hydrogens is 244 g/mol. The minimum atomic E-state index is 0.553. The van der Waals surface area contributed by atoms with Gasteiger partial charge in [0.05, 0.1) is 5.52 Å². The molecule has 4 nitrogen and oxygen atoms in total. The summed E-state index contributed by atoms with van der Waals surface area (Å²) in [4.78, 5) is 8.92. The zero-order valence-electron chi connectivity index (χ0n) is 10.9. The van der Waals surface area contributed by atoms with E-state index >= 15 is 0 Å². The van der Waals surface area contributed by atoms with Crippen molar-refractivity contribution < 1.29 is 0 Å².